The zero-order chi connectivity index (χ0) is 26.3. The lowest BCUT2D eigenvalue weighted by Gasteiger charge is -2.15. The number of ether oxygens (including phenoxy) is 1. The number of hydrogen-bond acceptors (Lipinski definition) is 3. The highest BCUT2D eigenvalue weighted by Gasteiger charge is 2.37. The molecule has 0 bridgehead atoms. The molecule has 0 aromatic heterocycles. The first kappa shape index (κ1) is 26.4. The highest BCUT2D eigenvalue weighted by atomic mass is 127. The minimum Gasteiger partial charge on any atom is -0.488 e. The molecule has 1 aliphatic rings. The van der Waals surface area contributed by atoms with Gasteiger partial charge in [-0.05, 0) is 65.4 Å². The molecular weight excluding hydrogens is 641 g/mol. The van der Waals surface area contributed by atoms with Gasteiger partial charge in [-0.15, -0.1) is 0 Å². The van der Waals surface area contributed by atoms with Crippen LogP contribution in [0.15, 0.2) is 47.1 Å². The molecule has 3 aromatic carbocycles. The van der Waals surface area contributed by atoms with Gasteiger partial charge in [-0.3, -0.25) is 4.79 Å². The fourth-order valence-electron chi connectivity index (χ4n) is 3.30. The third kappa shape index (κ3) is 4.94. The van der Waals surface area contributed by atoms with Crippen LogP contribution in [0.25, 0.3) is 6.08 Å². The summed E-state index contributed by atoms with van der Waals surface area (Å²) in [5.41, 5.74) is -0.278. The van der Waals surface area contributed by atoms with Gasteiger partial charge in [0.2, 0.25) is 5.82 Å². The molecule has 0 unspecified atom stereocenters. The van der Waals surface area contributed by atoms with Crippen LogP contribution in [0.4, 0.5) is 27.6 Å². The maximum Gasteiger partial charge on any atom is 0.280 e. The second-order valence-electron chi connectivity index (χ2n) is 7.49. The number of amides is 1. The molecule has 4 nitrogen and oxygen atoms in total. The van der Waals surface area contributed by atoms with Crippen molar-refractivity contribution in [1.29, 1.82) is 0 Å². The van der Waals surface area contributed by atoms with Crippen molar-refractivity contribution >= 4 is 69.2 Å². The zero-order valence-corrected chi connectivity index (χ0v) is 21.7. The van der Waals surface area contributed by atoms with Crippen molar-refractivity contribution in [2.45, 2.75) is 13.5 Å². The average molecular weight is 653 g/mol. The van der Waals surface area contributed by atoms with Crippen molar-refractivity contribution in [3.8, 4) is 5.75 Å². The minimum atomic E-state index is -2.33. The highest BCUT2D eigenvalue weighted by Crippen LogP contribution is 2.34. The number of carbonyl (C=O) groups is 1. The number of benzene rings is 3. The summed E-state index contributed by atoms with van der Waals surface area (Å²) in [5.74, 6) is -11.5. The zero-order valence-electron chi connectivity index (χ0n) is 18.0. The lowest BCUT2D eigenvalue weighted by Crippen LogP contribution is -2.25. The van der Waals surface area contributed by atoms with Crippen molar-refractivity contribution in [2.24, 2.45) is 5.10 Å². The van der Waals surface area contributed by atoms with Crippen molar-refractivity contribution < 1.29 is 31.5 Å². The molecule has 0 atom stereocenters. The number of nitrogens with zero attached hydrogens (tertiary/aromatic N) is 2. The monoisotopic (exact) mass is 652 g/mol. The molecule has 0 N–H and O–H groups in total. The molecule has 0 radical (unpaired) electrons. The molecular formula is C24H12Cl2F5IN2O2. The Kier molecular flexibility index (Phi) is 7.58. The molecule has 0 aliphatic carbocycles. The molecule has 0 saturated carbocycles. The quantitative estimate of drug-likeness (QED) is 0.0933. The van der Waals surface area contributed by atoms with E-state index in [4.69, 9.17) is 27.9 Å². The predicted molar refractivity (Wildman–Crippen MR) is 135 cm³/mol. The number of rotatable bonds is 5. The van der Waals surface area contributed by atoms with E-state index in [1.165, 1.54) is 13.0 Å². The van der Waals surface area contributed by atoms with Gasteiger partial charge in [0.15, 0.2) is 23.3 Å². The van der Waals surface area contributed by atoms with Crippen LogP contribution < -0.4 is 9.75 Å². The molecule has 3 aromatic rings. The SMILES string of the molecule is CC1=NN(c2c(F)c(F)c(F)c(F)c2F)C(=O)/C1=C/c1ccc(OCc2ccc(Cl)cc2Cl)c(I)c1. The van der Waals surface area contributed by atoms with Crippen LogP contribution in [-0.2, 0) is 11.4 Å². The van der Waals surface area contributed by atoms with E-state index in [1.807, 2.05) is 22.6 Å². The number of carbonyl (C=O) groups excluding carboxylic acids is 1. The van der Waals surface area contributed by atoms with Crippen LogP contribution in [0.3, 0.4) is 0 Å². The summed E-state index contributed by atoms with van der Waals surface area (Å²) in [6, 6.07) is 9.96. The van der Waals surface area contributed by atoms with E-state index in [1.54, 1.807) is 36.4 Å². The summed E-state index contributed by atoms with van der Waals surface area (Å²) in [5, 5.41) is 4.82. The Morgan fingerprint density at radius 3 is 2.22 bits per heavy atom. The smallest absolute Gasteiger partial charge is 0.280 e. The van der Waals surface area contributed by atoms with Crippen molar-refractivity contribution in [2.75, 3.05) is 5.01 Å². The van der Waals surface area contributed by atoms with Crippen LogP contribution >= 0.6 is 45.8 Å². The Morgan fingerprint density at radius 1 is 0.972 bits per heavy atom. The Morgan fingerprint density at radius 2 is 1.61 bits per heavy atom. The van der Waals surface area contributed by atoms with E-state index >= 15 is 0 Å². The van der Waals surface area contributed by atoms with Crippen LogP contribution in [0.2, 0.25) is 10.0 Å². The molecule has 12 heteroatoms. The number of hydrogen-bond donors (Lipinski definition) is 0. The third-order valence-electron chi connectivity index (χ3n) is 5.13. The average Bonchev–Trinajstić information content (AvgIpc) is 3.10. The summed E-state index contributed by atoms with van der Waals surface area (Å²) >= 11 is 14.1. The fourth-order valence-corrected chi connectivity index (χ4v) is 4.46. The first-order valence-electron chi connectivity index (χ1n) is 9.99. The molecule has 0 saturated heterocycles. The van der Waals surface area contributed by atoms with E-state index in [2.05, 4.69) is 5.10 Å². The summed E-state index contributed by atoms with van der Waals surface area (Å²) in [7, 11) is 0. The second kappa shape index (κ2) is 10.3. The Balaban J connectivity index is 1.58. The predicted octanol–water partition coefficient (Wildman–Crippen LogP) is 7.68. The summed E-state index contributed by atoms with van der Waals surface area (Å²) in [6.45, 7) is 1.54. The number of halogens is 8. The maximum atomic E-state index is 14.2. The fraction of sp³-hybridized carbons (Fsp3) is 0.0833. The Bertz CT molecular complexity index is 1450. The molecule has 0 fully saturated rings. The van der Waals surface area contributed by atoms with E-state index in [9.17, 15) is 26.7 Å². The van der Waals surface area contributed by atoms with E-state index < -0.39 is 40.7 Å². The van der Waals surface area contributed by atoms with E-state index in [0.29, 0.717) is 24.9 Å². The lowest BCUT2D eigenvalue weighted by atomic mass is 10.1. The van der Waals surface area contributed by atoms with Gasteiger partial charge in [-0.1, -0.05) is 35.3 Å². The van der Waals surface area contributed by atoms with Gasteiger partial charge in [0, 0.05) is 15.6 Å². The van der Waals surface area contributed by atoms with E-state index in [-0.39, 0.29) is 22.9 Å². The number of anilines is 1. The lowest BCUT2D eigenvalue weighted by molar-refractivity contribution is -0.114. The van der Waals surface area contributed by atoms with Crippen LogP contribution in [-0.4, -0.2) is 11.6 Å². The molecule has 4 rings (SSSR count). The molecule has 36 heavy (non-hydrogen) atoms. The third-order valence-corrected chi connectivity index (χ3v) is 6.56. The van der Waals surface area contributed by atoms with Gasteiger partial charge >= 0.3 is 0 Å². The van der Waals surface area contributed by atoms with E-state index in [0.717, 1.165) is 5.56 Å². The minimum absolute atomic E-state index is 0.0247. The maximum absolute atomic E-state index is 14.2. The van der Waals surface area contributed by atoms with Gasteiger partial charge in [0.05, 0.1) is 14.9 Å². The largest absolute Gasteiger partial charge is 0.488 e. The van der Waals surface area contributed by atoms with Crippen molar-refractivity contribution in [3.63, 3.8) is 0 Å². The first-order valence-corrected chi connectivity index (χ1v) is 11.8. The summed E-state index contributed by atoms with van der Waals surface area (Å²) in [4.78, 5) is 12.8. The molecule has 186 valence electrons. The Labute approximate surface area is 225 Å². The topological polar surface area (TPSA) is 41.9 Å². The summed E-state index contributed by atoms with van der Waals surface area (Å²) < 4.78 is 75.5. The Hall–Kier alpha value is -2.70. The standard InChI is InChI=1S/C24H12Cl2F5IN2O2/c1-10-14(24(35)34(33-10)23-21(30)19(28)18(27)20(29)22(23)31)6-11-2-5-17(16(32)7-11)36-9-12-3-4-13(25)8-15(12)26/h2-8H,9H2,1H3/b14-6+. The number of hydrazone groups is 1. The molecule has 1 aliphatic heterocycles. The summed E-state index contributed by atoms with van der Waals surface area (Å²) in [6.07, 6.45) is 1.38. The van der Waals surface area contributed by atoms with Gasteiger partial charge in [-0.2, -0.15) is 10.1 Å². The van der Waals surface area contributed by atoms with Crippen LogP contribution in [0.5, 0.6) is 5.75 Å². The van der Waals surface area contributed by atoms with Gasteiger partial charge in [-0.25, -0.2) is 22.0 Å². The molecule has 1 heterocycles. The normalized spacial score (nSPS) is 14.6. The molecule has 0 spiro atoms. The van der Waals surface area contributed by atoms with Gasteiger partial charge in [0.1, 0.15) is 18.0 Å². The first-order chi connectivity index (χ1) is 17.0. The van der Waals surface area contributed by atoms with Crippen LogP contribution in [0.1, 0.15) is 18.1 Å². The molecule has 1 amide bonds. The van der Waals surface area contributed by atoms with Gasteiger partial charge in [0.25, 0.3) is 5.91 Å². The second-order valence-corrected chi connectivity index (χ2v) is 9.50. The highest BCUT2D eigenvalue weighted by molar-refractivity contribution is 14.1. The van der Waals surface area contributed by atoms with Gasteiger partial charge < -0.3 is 4.74 Å². The van der Waals surface area contributed by atoms with Crippen molar-refractivity contribution in [1.82, 2.24) is 0 Å². The van der Waals surface area contributed by atoms with Crippen molar-refractivity contribution in [3.05, 3.63) is 95.8 Å². The van der Waals surface area contributed by atoms with Crippen LogP contribution in [0, 0.1) is 32.7 Å².